The van der Waals surface area contributed by atoms with Gasteiger partial charge in [-0.15, -0.1) is 0 Å². The Balaban J connectivity index is 1.44. The number of carbonyl (C=O) groups is 1. The van der Waals surface area contributed by atoms with Crippen LogP contribution in [0.25, 0.3) is 10.9 Å². The number of nitrogens with one attached hydrogen (secondary N) is 1. The summed E-state index contributed by atoms with van der Waals surface area (Å²) in [6, 6.07) is 7.47. The molecular weight excluding hydrogens is 342 g/mol. The van der Waals surface area contributed by atoms with Gasteiger partial charge >= 0.3 is 0 Å². The first-order chi connectivity index (χ1) is 13.0. The summed E-state index contributed by atoms with van der Waals surface area (Å²) >= 11 is 0. The molecule has 3 atom stereocenters. The Hall–Kier alpha value is -3.16. The SMILES string of the molecule is Cn1nccc1[C@@]12CC[C@@H](C1)[C@@H]2C(=O)Nc1ccc2nc(N)nc(N)c2c1. The molecule has 3 aliphatic carbocycles. The predicted octanol–water partition coefficient (Wildman–Crippen LogP) is 1.83. The molecule has 0 unspecified atom stereocenters. The summed E-state index contributed by atoms with van der Waals surface area (Å²) in [5.74, 6) is 0.918. The van der Waals surface area contributed by atoms with Crippen LogP contribution in [0.5, 0.6) is 0 Å². The largest absolute Gasteiger partial charge is 0.383 e. The van der Waals surface area contributed by atoms with Crippen molar-refractivity contribution in [1.82, 2.24) is 19.7 Å². The zero-order valence-corrected chi connectivity index (χ0v) is 15.0. The minimum Gasteiger partial charge on any atom is -0.383 e. The van der Waals surface area contributed by atoms with E-state index in [1.807, 2.05) is 30.1 Å². The lowest BCUT2D eigenvalue weighted by atomic mass is 9.58. The smallest absolute Gasteiger partial charge is 0.228 e. The van der Waals surface area contributed by atoms with E-state index in [4.69, 9.17) is 11.5 Å². The normalized spacial score (nSPS) is 26.1. The third-order valence-electron chi connectivity index (χ3n) is 6.28. The van der Waals surface area contributed by atoms with Gasteiger partial charge in [-0.05, 0) is 49.4 Å². The van der Waals surface area contributed by atoms with E-state index in [2.05, 4.69) is 20.4 Å². The van der Waals surface area contributed by atoms with Gasteiger partial charge in [-0.25, -0.2) is 4.98 Å². The Morgan fingerprint density at radius 2 is 2.15 bits per heavy atom. The number of amides is 1. The fourth-order valence-electron chi connectivity index (χ4n) is 5.16. The van der Waals surface area contributed by atoms with E-state index in [-0.39, 0.29) is 23.2 Å². The summed E-state index contributed by atoms with van der Waals surface area (Å²) < 4.78 is 1.90. The number of benzene rings is 1. The molecule has 138 valence electrons. The van der Waals surface area contributed by atoms with Gasteiger partial charge in [0, 0.05) is 35.4 Å². The summed E-state index contributed by atoms with van der Waals surface area (Å²) in [5, 5.41) is 8.06. The summed E-state index contributed by atoms with van der Waals surface area (Å²) in [6.45, 7) is 0. The molecule has 8 nitrogen and oxygen atoms in total. The van der Waals surface area contributed by atoms with Gasteiger partial charge in [0.15, 0.2) is 0 Å². The van der Waals surface area contributed by atoms with Crippen molar-refractivity contribution in [2.24, 2.45) is 18.9 Å². The number of rotatable bonds is 3. The molecule has 5 N–H and O–H groups in total. The maximum atomic E-state index is 13.1. The molecule has 2 heterocycles. The second-order valence-electron chi connectivity index (χ2n) is 7.66. The number of hydrogen-bond donors (Lipinski definition) is 3. The lowest BCUT2D eigenvalue weighted by Crippen LogP contribution is -2.51. The molecule has 3 saturated carbocycles. The number of anilines is 3. The predicted molar refractivity (Wildman–Crippen MR) is 103 cm³/mol. The van der Waals surface area contributed by atoms with Gasteiger partial charge in [0.1, 0.15) is 5.82 Å². The van der Waals surface area contributed by atoms with Gasteiger partial charge in [-0.2, -0.15) is 10.1 Å². The van der Waals surface area contributed by atoms with E-state index in [0.29, 0.717) is 28.3 Å². The quantitative estimate of drug-likeness (QED) is 0.652. The topological polar surface area (TPSA) is 125 Å². The van der Waals surface area contributed by atoms with Crippen LogP contribution in [0.1, 0.15) is 25.0 Å². The first-order valence-electron chi connectivity index (χ1n) is 9.10. The van der Waals surface area contributed by atoms with Gasteiger partial charge in [0.05, 0.1) is 11.4 Å². The van der Waals surface area contributed by atoms with Crippen molar-refractivity contribution in [3.63, 3.8) is 0 Å². The van der Waals surface area contributed by atoms with Crippen LogP contribution in [0.4, 0.5) is 17.5 Å². The standard InChI is InChI=1S/C19H21N7O/c1-26-14(5-7-22-26)19-6-4-10(9-19)15(19)17(27)23-11-2-3-13-12(8-11)16(20)25-18(21)24-13/h2-3,5,7-8,10,15H,4,6,9H2,1H3,(H,23,27)(H4,20,21,24,25)/t10-,15+,19+/m0/s1. The minimum atomic E-state index is -0.0898. The highest BCUT2D eigenvalue weighted by Crippen LogP contribution is 2.64. The molecule has 2 bridgehead atoms. The summed E-state index contributed by atoms with van der Waals surface area (Å²) in [5.41, 5.74) is 14.0. The molecule has 6 rings (SSSR count). The summed E-state index contributed by atoms with van der Waals surface area (Å²) in [7, 11) is 1.95. The third kappa shape index (κ3) is 2.22. The van der Waals surface area contributed by atoms with Gasteiger partial charge in [0.2, 0.25) is 11.9 Å². The van der Waals surface area contributed by atoms with Crippen LogP contribution in [-0.4, -0.2) is 25.7 Å². The number of nitrogen functional groups attached to an aromatic ring is 2. The minimum absolute atomic E-state index is 0.0244. The van der Waals surface area contributed by atoms with Crippen LogP contribution >= 0.6 is 0 Å². The third-order valence-corrected chi connectivity index (χ3v) is 6.28. The van der Waals surface area contributed by atoms with Crippen LogP contribution < -0.4 is 16.8 Å². The molecule has 3 fully saturated rings. The van der Waals surface area contributed by atoms with Gasteiger partial charge in [-0.3, -0.25) is 9.48 Å². The van der Waals surface area contributed by atoms with E-state index in [9.17, 15) is 4.79 Å². The molecule has 0 aliphatic heterocycles. The van der Waals surface area contributed by atoms with Crippen LogP contribution in [0.3, 0.4) is 0 Å². The molecule has 1 aromatic carbocycles. The second kappa shape index (κ2) is 5.42. The van der Waals surface area contributed by atoms with Gasteiger partial charge in [0.25, 0.3) is 0 Å². The van der Waals surface area contributed by atoms with Gasteiger partial charge in [-0.1, -0.05) is 0 Å². The molecule has 0 radical (unpaired) electrons. The average Bonchev–Trinajstić information content (AvgIpc) is 3.30. The van der Waals surface area contributed by atoms with Crippen LogP contribution in [0.15, 0.2) is 30.5 Å². The fraction of sp³-hybridized carbons (Fsp3) is 0.368. The maximum Gasteiger partial charge on any atom is 0.228 e. The molecule has 3 aliphatic rings. The lowest BCUT2D eigenvalue weighted by molar-refractivity contribution is -0.127. The first kappa shape index (κ1) is 16.0. The summed E-state index contributed by atoms with van der Waals surface area (Å²) in [4.78, 5) is 21.3. The van der Waals surface area contributed by atoms with E-state index in [1.54, 1.807) is 12.1 Å². The van der Waals surface area contributed by atoms with Crippen molar-refractivity contribution in [1.29, 1.82) is 0 Å². The molecule has 0 saturated heterocycles. The second-order valence-corrected chi connectivity index (χ2v) is 7.66. The number of carbonyl (C=O) groups excluding carboxylic acids is 1. The van der Waals surface area contributed by atoms with E-state index < -0.39 is 0 Å². The van der Waals surface area contributed by atoms with E-state index in [1.165, 1.54) is 0 Å². The molecule has 2 aromatic heterocycles. The first-order valence-corrected chi connectivity index (χ1v) is 9.10. The van der Waals surface area contributed by atoms with Gasteiger partial charge < -0.3 is 16.8 Å². The van der Waals surface area contributed by atoms with Crippen molar-refractivity contribution >= 4 is 34.3 Å². The van der Waals surface area contributed by atoms with Crippen molar-refractivity contribution in [3.8, 4) is 0 Å². The molecule has 8 heteroatoms. The van der Waals surface area contributed by atoms with Crippen molar-refractivity contribution in [2.45, 2.75) is 24.7 Å². The Kier molecular flexibility index (Phi) is 3.22. The number of aryl methyl sites for hydroxylation is 1. The van der Waals surface area contributed by atoms with Crippen LogP contribution in [-0.2, 0) is 17.3 Å². The fourth-order valence-corrected chi connectivity index (χ4v) is 5.16. The highest BCUT2D eigenvalue weighted by molar-refractivity contribution is 5.98. The number of fused-ring (bicyclic) bond motifs is 2. The van der Waals surface area contributed by atoms with E-state index in [0.717, 1.165) is 25.0 Å². The summed E-state index contributed by atoms with van der Waals surface area (Å²) in [6.07, 6.45) is 4.99. The lowest BCUT2D eigenvalue weighted by Gasteiger charge is -2.46. The highest BCUT2D eigenvalue weighted by Gasteiger charge is 2.63. The Morgan fingerprint density at radius 3 is 2.89 bits per heavy atom. The van der Waals surface area contributed by atoms with Crippen LogP contribution in [0.2, 0.25) is 0 Å². The number of nitrogens with two attached hydrogens (primary N) is 2. The number of aromatic nitrogens is 4. The van der Waals surface area contributed by atoms with Crippen LogP contribution in [0, 0.1) is 11.8 Å². The monoisotopic (exact) mass is 363 g/mol. The zero-order chi connectivity index (χ0) is 18.8. The van der Waals surface area contributed by atoms with Crippen molar-refractivity contribution < 1.29 is 4.79 Å². The van der Waals surface area contributed by atoms with Crippen molar-refractivity contribution in [2.75, 3.05) is 16.8 Å². The molecule has 3 aromatic rings. The number of hydrogen-bond acceptors (Lipinski definition) is 6. The molecule has 0 spiro atoms. The molecule has 27 heavy (non-hydrogen) atoms. The molecular formula is C19H21N7O. The van der Waals surface area contributed by atoms with Crippen molar-refractivity contribution in [3.05, 3.63) is 36.2 Å². The maximum absolute atomic E-state index is 13.1. The number of nitrogens with zero attached hydrogens (tertiary/aromatic N) is 4. The van der Waals surface area contributed by atoms with E-state index >= 15 is 0 Å². The highest BCUT2D eigenvalue weighted by atomic mass is 16.2. The Bertz CT molecular complexity index is 1070. The zero-order valence-electron chi connectivity index (χ0n) is 15.0. The Labute approximate surface area is 156 Å². The average molecular weight is 363 g/mol. The Morgan fingerprint density at radius 1 is 1.30 bits per heavy atom. The molecule has 1 amide bonds.